The van der Waals surface area contributed by atoms with Gasteiger partial charge in [-0.2, -0.15) is 0 Å². The number of halogens is 1. The zero-order chi connectivity index (χ0) is 10.8. The van der Waals surface area contributed by atoms with Gasteiger partial charge in [-0.05, 0) is 25.5 Å². The normalized spacial score (nSPS) is 20.5. The Balaban J connectivity index is 2.39. The van der Waals surface area contributed by atoms with E-state index in [9.17, 15) is 9.50 Å². The summed E-state index contributed by atoms with van der Waals surface area (Å²) in [6, 6.07) is 3.05. The molecule has 15 heavy (non-hydrogen) atoms. The molecule has 4 heteroatoms. The number of phenolic OH excluding ortho intramolecular Hbond substituents is 1. The van der Waals surface area contributed by atoms with Gasteiger partial charge in [-0.3, -0.25) is 0 Å². The van der Waals surface area contributed by atoms with Crippen LogP contribution in [0.5, 0.6) is 11.5 Å². The lowest BCUT2D eigenvalue weighted by Crippen LogP contribution is -2.13. The standard InChI is InChI=1S/C11H14FNO2/c1-15-11-8(12)5-4-7(10(11)14)9-3-2-6-13-9/h4-5,9,13-14H,2-3,6H2,1H3. The van der Waals surface area contributed by atoms with Gasteiger partial charge in [-0.25, -0.2) is 4.39 Å². The third-order valence-corrected chi connectivity index (χ3v) is 2.75. The van der Waals surface area contributed by atoms with Crippen molar-refractivity contribution in [2.75, 3.05) is 13.7 Å². The summed E-state index contributed by atoms with van der Waals surface area (Å²) >= 11 is 0. The second-order valence-electron chi connectivity index (χ2n) is 3.67. The molecular formula is C11H14FNO2. The molecule has 1 unspecified atom stereocenters. The van der Waals surface area contributed by atoms with E-state index < -0.39 is 5.82 Å². The van der Waals surface area contributed by atoms with Crippen LogP contribution in [0.25, 0.3) is 0 Å². The van der Waals surface area contributed by atoms with Crippen molar-refractivity contribution in [3.05, 3.63) is 23.5 Å². The van der Waals surface area contributed by atoms with Crippen molar-refractivity contribution in [1.82, 2.24) is 5.32 Å². The van der Waals surface area contributed by atoms with Crippen molar-refractivity contribution in [1.29, 1.82) is 0 Å². The van der Waals surface area contributed by atoms with Crippen LogP contribution in [-0.2, 0) is 0 Å². The lowest BCUT2D eigenvalue weighted by Gasteiger charge is -2.15. The second kappa shape index (κ2) is 4.06. The summed E-state index contributed by atoms with van der Waals surface area (Å²) in [6.07, 6.45) is 2.03. The first-order chi connectivity index (χ1) is 7.24. The Bertz CT molecular complexity index is 362. The van der Waals surface area contributed by atoms with Crippen LogP contribution >= 0.6 is 0 Å². The smallest absolute Gasteiger partial charge is 0.196 e. The molecule has 1 saturated heterocycles. The molecule has 1 aromatic rings. The topological polar surface area (TPSA) is 41.5 Å². The van der Waals surface area contributed by atoms with Gasteiger partial charge in [-0.1, -0.05) is 6.07 Å². The monoisotopic (exact) mass is 211 g/mol. The van der Waals surface area contributed by atoms with Gasteiger partial charge in [0.2, 0.25) is 0 Å². The van der Waals surface area contributed by atoms with E-state index in [1.165, 1.54) is 13.2 Å². The first-order valence-electron chi connectivity index (χ1n) is 5.02. The minimum absolute atomic E-state index is 0.0683. The molecule has 0 aromatic heterocycles. The average Bonchev–Trinajstić information content (AvgIpc) is 2.71. The summed E-state index contributed by atoms with van der Waals surface area (Å²) in [5, 5.41) is 13.1. The van der Waals surface area contributed by atoms with E-state index in [1.807, 2.05) is 0 Å². The maximum Gasteiger partial charge on any atom is 0.196 e. The van der Waals surface area contributed by atoms with E-state index in [4.69, 9.17) is 4.74 Å². The third-order valence-electron chi connectivity index (χ3n) is 2.75. The van der Waals surface area contributed by atoms with Crippen LogP contribution in [0.3, 0.4) is 0 Å². The number of methoxy groups -OCH3 is 1. The summed E-state index contributed by atoms with van der Waals surface area (Å²) in [5.74, 6) is -0.685. The number of ether oxygens (including phenoxy) is 1. The molecule has 1 atom stereocenters. The highest BCUT2D eigenvalue weighted by Crippen LogP contribution is 2.38. The molecule has 1 aromatic carbocycles. The highest BCUT2D eigenvalue weighted by atomic mass is 19.1. The Morgan fingerprint density at radius 1 is 1.53 bits per heavy atom. The third kappa shape index (κ3) is 1.77. The van der Waals surface area contributed by atoms with E-state index in [-0.39, 0.29) is 17.5 Å². The van der Waals surface area contributed by atoms with Crippen LogP contribution in [0.4, 0.5) is 4.39 Å². The molecule has 0 amide bonds. The highest BCUT2D eigenvalue weighted by Gasteiger charge is 2.22. The Morgan fingerprint density at radius 3 is 2.93 bits per heavy atom. The Morgan fingerprint density at radius 2 is 2.33 bits per heavy atom. The Kier molecular flexibility index (Phi) is 2.77. The zero-order valence-electron chi connectivity index (χ0n) is 8.59. The number of rotatable bonds is 2. The summed E-state index contributed by atoms with van der Waals surface area (Å²) in [5.41, 5.74) is 0.714. The summed E-state index contributed by atoms with van der Waals surface area (Å²) in [7, 11) is 1.35. The van der Waals surface area contributed by atoms with Crippen LogP contribution in [0, 0.1) is 5.82 Å². The minimum Gasteiger partial charge on any atom is -0.504 e. The maximum absolute atomic E-state index is 13.2. The van der Waals surface area contributed by atoms with Crippen molar-refractivity contribution >= 4 is 0 Å². The molecule has 0 bridgehead atoms. The lowest BCUT2D eigenvalue weighted by molar-refractivity contribution is 0.346. The van der Waals surface area contributed by atoms with E-state index in [0.717, 1.165) is 19.4 Å². The Hall–Kier alpha value is -1.29. The molecule has 0 spiro atoms. The van der Waals surface area contributed by atoms with Gasteiger partial charge in [0.15, 0.2) is 17.3 Å². The molecule has 0 saturated carbocycles. The highest BCUT2D eigenvalue weighted by molar-refractivity contribution is 5.48. The fourth-order valence-electron chi connectivity index (χ4n) is 1.99. The van der Waals surface area contributed by atoms with Crippen molar-refractivity contribution in [3.63, 3.8) is 0 Å². The molecule has 0 radical (unpaired) electrons. The first kappa shape index (κ1) is 10.2. The SMILES string of the molecule is COc1c(F)ccc(C2CCCN2)c1O. The number of nitrogens with one attached hydrogen (secondary N) is 1. The largest absolute Gasteiger partial charge is 0.504 e. The predicted molar refractivity (Wildman–Crippen MR) is 54.6 cm³/mol. The van der Waals surface area contributed by atoms with Crippen LogP contribution < -0.4 is 10.1 Å². The van der Waals surface area contributed by atoms with E-state index >= 15 is 0 Å². The summed E-state index contributed by atoms with van der Waals surface area (Å²) in [6.45, 7) is 0.934. The van der Waals surface area contributed by atoms with Gasteiger partial charge < -0.3 is 15.2 Å². The van der Waals surface area contributed by atoms with E-state index in [0.29, 0.717) is 5.56 Å². The molecule has 1 fully saturated rings. The summed E-state index contributed by atoms with van der Waals surface area (Å²) in [4.78, 5) is 0. The molecule has 2 rings (SSSR count). The van der Waals surface area contributed by atoms with Crippen LogP contribution in [0.1, 0.15) is 24.4 Å². The van der Waals surface area contributed by atoms with Gasteiger partial charge in [0.25, 0.3) is 0 Å². The molecule has 1 heterocycles. The number of benzene rings is 1. The molecule has 3 nitrogen and oxygen atoms in total. The van der Waals surface area contributed by atoms with Crippen molar-refractivity contribution in [2.45, 2.75) is 18.9 Å². The molecule has 82 valence electrons. The van der Waals surface area contributed by atoms with Crippen LogP contribution in [0.2, 0.25) is 0 Å². The van der Waals surface area contributed by atoms with Gasteiger partial charge >= 0.3 is 0 Å². The first-order valence-corrected chi connectivity index (χ1v) is 5.02. The van der Waals surface area contributed by atoms with Crippen LogP contribution in [-0.4, -0.2) is 18.8 Å². The van der Waals surface area contributed by atoms with Crippen molar-refractivity contribution < 1.29 is 14.2 Å². The Labute approximate surface area is 87.9 Å². The quantitative estimate of drug-likeness (QED) is 0.785. The molecule has 2 N–H and O–H groups in total. The molecule has 1 aliphatic rings. The number of phenols is 1. The summed E-state index contributed by atoms with van der Waals surface area (Å²) < 4.78 is 18.0. The number of hydrogen-bond donors (Lipinski definition) is 2. The lowest BCUT2D eigenvalue weighted by atomic mass is 10.0. The number of hydrogen-bond acceptors (Lipinski definition) is 3. The van der Waals surface area contributed by atoms with Gasteiger partial charge in [0.1, 0.15) is 0 Å². The predicted octanol–water partition coefficient (Wildman–Crippen LogP) is 1.96. The second-order valence-corrected chi connectivity index (χ2v) is 3.67. The van der Waals surface area contributed by atoms with Gasteiger partial charge in [0, 0.05) is 11.6 Å². The zero-order valence-corrected chi connectivity index (χ0v) is 8.59. The van der Waals surface area contributed by atoms with Gasteiger partial charge in [-0.15, -0.1) is 0 Å². The van der Waals surface area contributed by atoms with Gasteiger partial charge in [0.05, 0.1) is 7.11 Å². The maximum atomic E-state index is 13.2. The molecule has 0 aliphatic carbocycles. The minimum atomic E-state index is -0.531. The van der Waals surface area contributed by atoms with Crippen molar-refractivity contribution in [3.8, 4) is 11.5 Å². The fraction of sp³-hybridized carbons (Fsp3) is 0.455. The molecule has 1 aliphatic heterocycles. The fourth-order valence-corrected chi connectivity index (χ4v) is 1.99. The number of aromatic hydroxyl groups is 1. The van der Waals surface area contributed by atoms with Crippen LogP contribution in [0.15, 0.2) is 12.1 Å². The van der Waals surface area contributed by atoms with E-state index in [2.05, 4.69) is 5.32 Å². The van der Waals surface area contributed by atoms with E-state index in [1.54, 1.807) is 6.07 Å². The van der Waals surface area contributed by atoms with Crippen molar-refractivity contribution in [2.24, 2.45) is 0 Å². The average molecular weight is 211 g/mol. The molecular weight excluding hydrogens is 197 g/mol.